The van der Waals surface area contributed by atoms with Gasteiger partial charge >= 0.3 is 11.9 Å². The Morgan fingerprint density at radius 1 is 0.486 bits per heavy atom. The van der Waals surface area contributed by atoms with E-state index in [2.05, 4.69) is 56.4 Å². The lowest BCUT2D eigenvalue weighted by Gasteiger charge is -2.21. The first-order valence-corrected chi connectivity index (χ1v) is 24.2. The summed E-state index contributed by atoms with van der Waals surface area (Å²) in [6.45, 7) is 31.2. The van der Waals surface area contributed by atoms with Gasteiger partial charge in [0.2, 0.25) is 35.1 Å². The van der Waals surface area contributed by atoms with E-state index in [9.17, 15) is 19.2 Å². The zero-order valence-electron chi connectivity index (χ0n) is 45.1. The van der Waals surface area contributed by atoms with Crippen LogP contribution in [0.15, 0.2) is 79.3 Å². The second-order valence-electron chi connectivity index (χ2n) is 20.7. The van der Waals surface area contributed by atoms with Crippen LogP contribution < -0.4 is 10.6 Å². The van der Waals surface area contributed by atoms with Gasteiger partial charge in [-0.05, 0) is 58.4 Å². The number of nitrogens with one attached hydrogen (secondary N) is 2. The Morgan fingerprint density at radius 2 is 0.861 bits per heavy atom. The van der Waals surface area contributed by atoms with E-state index in [4.69, 9.17) is 9.47 Å². The van der Waals surface area contributed by atoms with Crippen molar-refractivity contribution in [3.8, 4) is 45.7 Å². The summed E-state index contributed by atoms with van der Waals surface area (Å²) in [6, 6.07) is 20.6. The number of esters is 2. The van der Waals surface area contributed by atoms with Gasteiger partial charge in [0.25, 0.3) is 0 Å². The van der Waals surface area contributed by atoms with Crippen molar-refractivity contribution < 1.29 is 28.7 Å². The largest absolute Gasteiger partial charge is 0.459 e. The van der Waals surface area contributed by atoms with E-state index in [1.165, 1.54) is 6.33 Å². The molecule has 0 aliphatic heterocycles. The van der Waals surface area contributed by atoms with Crippen LogP contribution in [0.4, 0.5) is 0 Å². The molecule has 4 heterocycles. The third-order valence-electron chi connectivity index (χ3n) is 9.25. The van der Waals surface area contributed by atoms with Crippen molar-refractivity contribution in [1.82, 2.24) is 65.5 Å². The number of ether oxygens (including phenoxy) is 2. The van der Waals surface area contributed by atoms with Crippen LogP contribution in [0, 0.1) is 10.8 Å². The minimum atomic E-state index is -0.385. The number of carbonyl (C=O) groups is 4. The molecule has 0 saturated heterocycles. The van der Waals surface area contributed by atoms with E-state index in [0.29, 0.717) is 34.3 Å². The first-order chi connectivity index (χ1) is 33.8. The quantitative estimate of drug-likeness (QED) is 0.0968. The van der Waals surface area contributed by atoms with Gasteiger partial charge in [-0.25, -0.2) is 4.98 Å². The average Bonchev–Trinajstić information content (AvgIpc) is 3.90. The minimum Gasteiger partial charge on any atom is -0.459 e. The molecule has 72 heavy (non-hydrogen) atoms. The predicted molar refractivity (Wildman–Crippen MR) is 277 cm³/mol. The topological polar surface area (TPSA) is 237 Å². The molecule has 2 amide bonds. The molecule has 19 nitrogen and oxygen atoms in total. The van der Waals surface area contributed by atoms with Crippen LogP contribution in [0.5, 0.6) is 0 Å². The molecule has 0 aliphatic carbocycles. The van der Waals surface area contributed by atoms with E-state index in [1.54, 1.807) is 21.4 Å². The summed E-state index contributed by atoms with van der Waals surface area (Å²) in [5.74, 6) is 0.235. The third kappa shape index (κ3) is 20.2. The fourth-order valence-corrected chi connectivity index (χ4v) is 6.46. The van der Waals surface area contributed by atoms with Gasteiger partial charge in [0.15, 0.2) is 0 Å². The lowest BCUT2D eigenvalue weighted by molar-refractivity contribution is -0.148. The van der Waals surface area contributed by atoms with Gasteiger partial charge in [-0.2, -0.15) is 0 Å². The normalized spacial score (nSPS) is 11.3. The second-order valence-corrected chi connectivity index (χ2v) is 20.7. The average molecular weight is 990 g/mol. The summed E-state index contributed by atoms with van der Waals surface area (Å²) < 4.78 is 14.4. The number of amides is 2. The van der Waals surface area contributed by atoms with Crippen LogP contribution in [0.25, 0.3) is 45.7 Å². The smallest absolute Gasteiger partial charge is 0.306 e. The van der Waals surface area contributed by atoms with Crippen molar-refractivity contribution in [3.05, 3.63) is 90.6 Å². The Hall–Kier alpha value is -7.31. The van der Waals surface area contributed by atoms with Gasteiger partial charge in [0, 0.05) is 34.0 Å². The van der Waals surface area contributed by atoms with Gasteiger partial charge in [-0.1, -0.05) is 130 Å². The van der Waals surface area contributed by atoms with Crippen LogP contribution >= 0.6 is 0 Å². The lowest BCUT2D eigenvalue weighted by Crippen LogP contribution is -2.42. The maximum Gasteiger partial charge on any atom is 0.306 e. The Morgan fingerprint density at radius 3 is 1.26 bits per heavy atom. The number of benzene rings is 2. The highest BCUT2D eigenvalue weighted by molar-refractivity contribution is 5.78. The van der Waals surface area contributed by atoms with E-state index >= 15 is 0 Å². The fraction of sp³-hybridized carbons (Fsp3) is 0.491. The molecule has 388 valence electrons. The zero-order valence-corrected chi connectivity index (χ0v) is 45.1. The van der Waals surface area contributed by atoms with Crippen molar-refractivity contribution in [3.63, 3.8) is 0 Å². The molecular formula is C53H75N13O6. The minimum absolute atomic E-state index is 0.000614. The number of aromatic nitrogens is 11. The third-order valence-corrected chi connectivity index (χ3v) is 9.25. The van der Waals surface area contributed by atoms with Gasteiger partial charge < -0.3 is 29.2 Å². The van der Waals surface area contributed by atoms with Crippen LogP contribution in [0.1, 0.15) is 135 Å². The summed E-state index contributed by atoms with van der Waals surface area (Å²) in [4.78, 5) is 54.2. The molecule has 0 radical (unpaired) electrons. The number of hydrogen-bond donors (Lipinski definition) is 2. The Balaban J connectivity index is 0.000000356. The molecule has 0 unspecified atom stereocenters. The number of rotatable bonds is 14. The molecule has 0 atom stereocenters. The Labute approximate surface area is 424 Å². The molecule has 0 bridgehead atoms. The van der Waals surface area contributed by atoms with Gasteiger partial charge in [-0.15, -0.1) is 40.8 Å². The molecule has 0 saturated carbocycles. The van der Waals surface area contributed by atoms with E-state index < -0.39 is 0 Å². The number of carbonyl (C=O) groups excluding carboxylic acids is 4. The molecule has 0 aliphatic rings. The van der Waals surface area contributed by atoms with Crippen LogP contribution in [0.3, 0.4) is 0 Å². The molecule has 0 spiro atoms. The zero-order chi connectivity index (χ0) is 53.9. The van der Waals surface area contributed by atoms with Crippen molar-refractivity contribution in [2.75, 3.05) is 0 Å². The summed E-state index contributed by atoms with van der Waals surface area (Å²) in [7, 11) is 0. The first-order valence-electron chi connectivity index (χ1n) is 24.2. The predicted octanol–water partition coefficient (Wildman–Crippen LogP) is 9.04. The number of hydrogen-bond acceptors (Lipinski definition) is 15. The lowest BCUT2D eigenvalue weighted by atomic mass is 9.92. The second kappa shape index (κ2) is 26.8. The van der Waals surface area contributed by atoms with E-state index in [0.717, 1.165) is 11.1 Å². The SMILES string of the molecule is CC.CC.CC(C)(C)CC(=O)OCc1c(-c2nnc(-c3ccccc3)nn2)ccn1CC(=O)NC(C)(C)C.CC(C)(C)CC(=O)OCc1c(-c2nnc(-c3ccccc3)nn2)ncn1CC(=O)NC(C)(C)C. The maximum absolute atomic E-state index is 12.6. The Bertz CT molecular complexity index is 2440. The Kier molecular flexibility index (Phi) is 21.9. The molecule has 2 aromatic carbocycles. The van der Waals surface area contributed by atoms with Crippen LogP contribution in [-0.4, -0.2) is 89.7 Å². The standard InChI is InChI=1S/C25H32N6O3.C24H31N7O3.2C2H6/c1-24(2,3)14-21(33)34-16-19-18(12-13-31(19)15-20(32)26-25(4,5)6)23-29-27-22(28-30-23)17-10-8-7-9-11-17;1-23(2,3)12-19(33)34-14-17-20(25-15-31(17)13-18(32)26-24(4,5)6)22-29-27-21(28-30-22)16-10-8-7-9-11-16;2*1-2/h7-13H,14-16H2,1-6H3,(H,26,32);7-11,15H,12-14H2,1-6H3,(H,26,32);2*1-2H3. The fourth-order valence-electron chi connectivity index (χ4n) is 6.46. The van der Waals surface area contributed by atoms with Crippen molar-refractivity contribution in [2.24, 2.45) is 10.8 Å². The van der Waals surface area contributed by atoms with E-state index in [1.807, 2.05) is 171 Å². The van der Waals surface area contributed by atoms with Crippen LogP contribution in [-0.2, 0) is 55.0 Å². The summed E-state index contributed by atoms with van der Waals surface area (Å²) in [5, 5.41) is 39.5. The maximum atomic E-state index is 12.6. The highest BCUT2D eigenvalue weighted by atomic mass is 16.5. The summed E-state index contributed by atoms with van der Waals surface area (Å²) in [5.41, 5.74) is 2.48. The van der Waals surface area contributed by atoms with Gasteiger partial charge in [-0.3, -0.25) is 19.2 Å². The molecular weight excluding hydrogens is 915 g/mol. The monoisotopic (exact) mass is 990 g/mol. The molecule has 19 heteroatoms. The number of imidazole rings is 1. The van der Waals surface area contributed by atoms with E-state index in [-0.39, 0.29) is 96.5 Å². The van der Waals surface area contributed by atoms with Crippen molar-refractivity contribution in [1.29, 1.82) is 0 Å². The number of nitrogens with zero attached hydrogens (tertiary/aromatic N) is 11. The molecule has 4 aromatic heterocycles. The molecule has 6 rings (SSSR count). The molecule has 6 aromatic rings. The van der Waals surface area contributed by atoms with Crippen molar-refractivity contribution >= 4 is 23.8 Å². The first kappa shape index (κ1) is 59.0. The van der Waals surface area contributed by atoms with Gasteiger partial charge in [0.1, 0.15) is 32.0 Å². The van der Waals surface area contributed by atoms with Crippen LogP contribution in [0.2, 0.25) is 0 Å². The van der Waals surface area contributed by atoms with Gasteiger partial charge in [0.05, 0.1) is 30.6 Å². The molecule has 0 fully saturated rings. The highest BCUT2D eigenvalue weighted by Gasteiger charge is 2.25. The summed E-state index contributed by atoms with van der Waals surface area (Å²) in [6.07, 6.45) is 3.78. The molecule has 2 N–H and O–H groups in total. The van der Waals surface area contributed by atoms with Crippen molar-refractivity contribution in [2.45, 2.75) is 161 Å². The summed E-state index contributed by atoms with van der Waals surface area (Å²) >= 11 is 0. The highest BCUT2D eigenvalue weighted by Crippen LogP contribution is 2.26.